The van der Waals surface area contributed by atoms with Gasteiger partial charge < -0.3 is 14.8 Å². The molecular formula is C18H23N3O5S2. The van der Waals surface area contributed by atoms with Gasteiger partial charge in [0.1, 0.15) is 19.3 Å². The quantitative estimate of drug-likeness (QED) is 0.791. The Morgan fingerprint density at radius 1 is 1.29 bits per heavy atom. The van der Waals surface area contributed by atoms with Gasteiger partial charge in [-0.25, -0.2) is 13.4 Å². The van der Waals surface area contributed by atoms with Gasteiger partial charge in [-0.15, -0.1) is 0 Å². The van der Waals surface area contributed by atoms with Gasteiger partial charge in [0.15, 0.2) is 16.6 Å². The predicted octanol–water partition coefficient (Wildman–Crippen LogP) is 2.60. The Balaban J connectivity index is 1.55. The first kappa shape index (κ1) is 19.4. The average molecular weight is 426 g/mol. The second-order valence-corrected chi connectivity index (χ2v) is 9.98. The van der Waals surface area contributed by atoms with Gasteiger partial charge in [-0.1, -0.05) is 24.7 Å². The van der Waals surface area contributed by atoms with Crippen molar-refractivity contribution in [3.05, 3.63) is 12.1 Å². The molecule has 1 aromatic carbocycles. The summed E-state index contributed by atoms with van der Waals surface area (Å²) in [7, 11) is -3.43. The Morgan fingerprint density at radius 3 is 2.79 bits per heavy atom. The molecule has 1 unspecified atom stereocenters. The topological polar surface area (TPSA) is 97.8 Å². The molecule has 1 atom stereocenters. The standard InChI is InChI=1S/C18H23N3O5S2/c1-2-9-28(23,24)21-6-4-3-5-13(21)17(22)20-18-19-12-10-14-15(11-16(12)27-18)26-8-7-25-14/h10-11,13H,2-9H2,1H3,(H,19,20,22). The number of sulfonamides is 1. The number of benzene rings is 1. The highest BCUT2D eigenvalue weighted by molar-refractivity contribution is 7.89. The molecule has 0 aliphatic carbocycles. The lowest BCUT2D eigenvalue weighted by Crippen LogP contribution is -2.50. The van der Waals surface area contributed by atoms with E-state index in [9.17, 15) is 13.2 Å². The van der Waals surface area contributed by atoms with Crippen molar-refractivity contribution in [2.24, 2.45) is 0 Å². The summed E-state index contributed by atoms with van der Waals surface area (Å²) in [5.41, 5.74) is 0.712. The van der Waals surface area contributed by atoms with Gasteiger partial charge in [0.2, 0.25) is 15.9 Å². The minimum atomic E-state index is -3.43. The van der Waals surface area contributed by atoms with Crippen LogP contribution < -0.4 is 14.8 Å². The summed E-state index contributed by atoms with van der Waals surface area (Å²) in [6, 6.07) is 2.97. The van der Waals surface area contributed by atoms with E-state index >= 15 is 0 Å². The van der Waals surface area contributed by atoms with Gasteiger partial charge in [-0.05, 0) is 19.3 Å². The first-order chi connectivity index (χ1) is 13.5. The molecule has 1 amide bonds. The summed E-state index contributed by atoms with van der Waals surface area (Å²) >= 11 is 1.33. The van der Waals surface area contributed by atoms with E-state index in [0.29, 0.717) is 54.7 Å². The zero-order valence-electron chi connectivity index (χ0n) is 15.6. The molecule has 0 spiro atoms. The summed E-state index contributed by atoms with van der Waals surface area (Å²) in [4.78, 5) is 17.3. The molecule has 1 aromatic heterocycles. The molecule has 1 fully saturated rings. The van der Waals surface area contributed by atoms with Crippen LogP contribution in [0.1, 0.15) is 32.6 Å². The van der Waals surface area contributed by atoms with Gasteiger partial charge >= 0.3 is 0 Å². The minimum Gasteiger partial charge on any atom is -0.486 e. The van der Waals surface area contributed by atoms with E-state index in [4.69, 9.17) is 9.47 Å². The highest BCUT2D eigenvalue weighted by atomic mass is 32.2. The van der Waals surface area contributed by atoms with E-state index in [1.807, 2.05) is 13.0 Å². The molecule has 2 aliphatic heterocycles. The highest BCUT2D eigenvalue weighted by Crippen LogP contribution is 2.38. The number of aromatic nitrogens is 1. The van der Waals surface area contributed by atoms with Crippen molar-refractivity contribution >= 4 is 42.6 Å². The zero-order valence-corrected chi connectivity index (χ0v) is 17.3. The fourth-order valence-electron chi connectivity index (χ4n) is 3.58. The van der Waals surface area contributed by atoms with E-state index in [1.165, 1.54) is 15.6 Å². The Hall–Kier alpha value is -1.91. The number of nitrogens with one attached hydrogen (secondary N) is 1. The number of ether oxygens (including phenoxy) is 2. The third-order valence-electron chi connectivity index (χ3n) is 4.86. The van der Waals surface area contributed by atoms with Gasteiger partial charge in [-0.2, -0.15) is 4.31 Å². The number of hydrogen-bond acceptors (Lipinski definition) is 7. The molecule has 1 saturated heterocycles. The fraction of sp³-hybridized carbons (Fsp3) is 0.556. The van der Waals surface area contributed by atoms with E-state index in [1.54, 1.807) is 6.07 Å². The van der Waals surface area contributed by atoms with Crippen LogP contribution in [0.5, 0.6) is 11.5 Å². The van der Waals surface area contributed by atoms with E-state index in [2.05, 4.69) is 10.3 Å². The molecule has 1 N–H and O–H groups in total. The van der Waals surface area contributed by atoms with Crippen molar-refractivity contribution < 1.29 is 22.7 Å². The second-order valence-electron chi connectivity index (χ2n) is 6.91. The Morgan fingerprint density at radius 2 is 2.04 bits per heavy atom. The first-order valence-corrected chi connectivity index (χ1v) is 11.9. The molecule has 0 bridgehead atoms. The maximum atomic E-state index is 12.9. The molecule has 8 nitrogen and oxygen atoms in total. The number of rotatable bonds is 5. The van der Waals surface area contributed by atoms with Crippen LogP contribution >= 0.6 is 11.3 Å². The van der Waals surface area contributed by atoms with Crippen molar-refractivity contribution in [2.45, 2.75) is 38.6 Å². The lowest BCUT2D eigenvalue weighted by molar-refractivity contribution is -0.120. The van der Waals surface area contributed by atoms with Crippen LogP contribution in [0.3, 0.4) is 0 Å². The largest absolute Gasteiger partial charge is 0.486 e. The molecule has 2 aliphatic rings. The summed E-state index contributed by atoms with van der Waals surface area (Å²) in [5.74, 6) is 1.05. The van der Waals surface area contributed by atoms with Crippen molar-refractivity contribution in [3.8, 4) is 11.5 Å². The zero-order chi connectivity index (χ0) is 19.7. The molecule has 0 radical (unpaired) electrons. The fourth-order valence-corrected chi connectivity index (χ4v) is 6.21. The molecule has 4 rings (SSSR count). The van der Waals surface area contributed by atoms with Crippen LogP contribution in [0.15, 0.2) is 12.1 Å². The van der Waals surface area contributed by atoms with Gasteiger partial charge in [0, 0.05) is 18.7 Å². The number of nitrogens with zero attached hydrogens (tertiary/aromatic N) is 2. The number of thiazole rings is 1. The van der Waals surface area contributed by atoms with Crippen LogP contribution in [0, 0.1) is 0 Å². The lowest BCUT2D eigenvalue weighted by Gasteiger charge is -2.33. The Kier molecular flexibility index (Phi) is 5.44. The second kappa shape index (κ2) is 7.84. The number of piperidine rings is 1. The number of amides is 1. The third kappa shape index (κ3) is 3.81. The Bertz CT molecular complexity index is 946. The van der Waals surface area contributed by atoms with E-state index in [-0.39, 0.29) is 11.7 Å². The summed E-state index contributed by atoms with van der Waals surface area (Å²) in [5, 5.41) is 3.26. The first-order valence-electron chi connectivity index (χ1n) is 9.48. The molecule has 10 heteroatoms. The van der Waals surface area contributed by atoms with Gasteiger partial charge in [-0.3, -0.25) is 4.79 Å². The third-order valence-corrected chi connectivity index (χ3v) is 7.87. The summed E-state index contributed by atoms with van der Waals surface area (Å²) in [6.45, 7) is 3.22. The van der Waals surface area contributed by atoms with Crippen molar-refractivity contribution in [3.63, 3.8) is 0 Å². The molecule has 152 valence electrons. The normalized spacial score (nSPS) is 20.2. The maximum absolute atomic E-state index is 12.9. The van der Waals surface area contributed by atoms with Crippen LogP contribution in [-0.2, 0) is 14.8 Å². The van der Waals surface area contributed by atoms with Gasteiger partial charge in [0.25, 0.3) is 0 Å². The lowest BCUT2D eigenvalue weighted by atomic mass is 10.0. The smallest absolute Gasteiger partial charge is 0.244 e. The molecule has 0 saturated carbocycles. The van der Waals surface area contributed by atoms with E-state index in [0.717, 1.165) is 17.5 Å². The van der Waals surface area contributed by atoms with Crippen LogP contribution in [0.2, 0.25) is 0 Å². The minimum absolute atomic E-state index is 0.0590. The van der Waals surface area contributed by atoms with Crippen molar-refractivity contribution in [1.82, 2.24) is 9.29 Å². The number of fused-ring (bicyclic) bond motifs is 2. The number of anilines is 1. The number of carbonyl (C=O) groups is 1. The molecule has 2 aromatic rings. The average Bonchev–Trinajstić information content (AvgIpc) is 3.07. The van der Waals surface area contributed by atoms with Crippen LogP contribution in [0.25, 0.3) is 10.2 Å². The van der Waals surface area contributed by atoms with Gasteiger partial charge in [0.05, 0.1) is 16.0 Å². The van der Waals surface area contributed by atoms with Crippen LogP contribution in [-0.4, -0.2) is 55.2 Å². The monoisotopic (exact) mass is 425 g/mol. The number of hydrogen-bond donors (Lipinski definition) is 1. The van der Waals surface area contributed by atoms with E-state index < -0.39 is 16.1 Å². The van der Waals surface area contributed by atoms with Crippen molar-refractivity contribution in [1.29, 1.82) is 0 Å². The summed E-state index contributed by atoms with van der Waals surface area (Å²) in [6.07, 6.45) is 2.66. The van der Waals surface area contributed by atoms with Crippen LogP contribution in [0.4, 0.5) is 5.13 Å². The SMILES string of the molecule is CCCS(=O)(=O)N1CCCCC1C(=O)Nc1nc2cc3c(cc2s1)OCCO3. The summed E-state index contributed by atoms with van der Waals surface area (Å²) < 4.78 is 38.5. The van der Waals surface area contributed by atoms with Crippen molar-refractivity contribution in [2.75, 3.05) is 30.8 Å². The highest BCUT2D eigenvalue weighted by Gasteiger charge is 2.36. The molecule has 3 heterocycles. The predicted molar refractivity (Wildman–Crippen MR) is 108 cm³/mol. The maximum Gasteiger partial charge on any atom is 0.244 e. The molecule has 28 heavy (non-hydrogen) atoms. The number of carbonyl (C=O) groups excluding carboxylic acids is 1. The Labute approximate surface area is 167 Å². The molecular weight excluding hydrogens is 402 g/mol.